The fourth-order valence-electron chi connectivity index (χ4n) is 3.85. The van der Waals surface area contributed by atoms with Gasteiger partial charge in [-0.1, -0.05) is 66.2 Å². The highest BCUT2D eigenvalue weighted by molar-refractivity contribution is 5.79. The molecule has 1 heteroatoms. The maximum Gasteiger partial charge on any atom is 0.0464 e. The van der Waals surface area contributed by atoms with E-state index >= 15 is 0 Å². The van der Waals surface area contributed by atoms with E-state index in [1.165, 1.54) is 33.6 Å². The smallest absolute Gasteiger partial charge is 0.0464 e. The third kappa shape index (κ3) is 1.93. The van der Waals surface area contributed by atoms with E-state index in [4.69, 9.17) is 0 Å². The van der Waals surface area contributed by atoms with Gasteiger partial charge in [0.1, 0.15) is 0 Å². The quantitative estimate of drug-likeness (QED) is 0.579. The predicted molar refractivity (Wildman–Crippen MR) is 97.7 cm³/mol. The Morgan fingerprint density at radius 3 is 1.70 bits per heavy atom. The van der Waals surface area contributed by atoms with Gasteiger partial charge in [-0.15, -0.1) is 0 Å². The fraction of sp³-hybridized carbons (Fsp3) is 0.182. The summed E-state index contributed by atoms with van der Waals surface area (Å²) in [6.45, 7) is 4.49. The normalized spacial score (nSPS) is 15.0. The topological polar surface area (TPSA) is 3.24 Å². The van der Waals surface area contributed by atoms with Gasteiger partial charge in [0.15, 0.2) is 0 Å². The number of benzene rings is 3. The first-order valence-electron chi connectivity index (χ1n) is 8.12. The molecule has 0 N–H and O–H groups in total. The van der Waals surface area contributed by atoms with E-state index in [2.05, 4.69) is 98.6 Å². The number of anilines is 2. The zero-order chi connectivity index (χ0) is 16.0. The Morgan fingerprint density at radius 1 is 0.696 bits per heavy atom. The Labute approximate surface area is 138 Å². The minimum atomic E-state index is -0.132. The standard InChI is InChI=1S/C22H21N/c1-16-12-14-17(15-13-16)22(2)18-8-4-6-10-20(18)23(3)21-11-7-5-9-19(21)22/h4-15H,1-3H3. The number of hydrogen-bond acceptors (Lipinski definition) is 1. The molecule has 114 valence electrons. The van der Waals surface area contributed by atoms with Gasteiger partial charge in [0.2, 0.25) is 0 Å². The lowest BCUT2D eigenvalue weighted by atomic mass is 9.68. The molecule has 0 bridgehead atoms. The molecule has 0 radical (unpaired) electrons. The summed E-state index contributed by atoms with van der Waals surface area (Å²) >= 11 is 0. The Morgan fingerprint density at radius 2 is 1.17 bits per heavy atom. The van der Waals surface area contributed by atoms with Gasteiger partial charge >= 0.3 is 0 Å². The van der Waals surface area contributed by atoms with E-state index in [1.54, 1.807) is 0 Å². The summed E-state index contributed by atoms with van der Waals surface area (Å²) in [4.78, 5) is 2.31. The van der Waals surface area contributed by atoms with Crippen molar-refractivity contribution in [3.8, 4) is 0 Å². The van der Waals surface area contributed by atoms with Crippen LogP contribution < -0.4 is 4.90 Å². The molecule has 0 spiro atoms. The Bertz CT molecular complexity index is 814. The molecule has 0 atom stereocenters. The molecule has 1 nitrogen and oxygen atoms in total. The van der Waals surface area contributed by atoms with Crippen LogP contribution in [0.5, 0.6) is 0 Å². The number of aryl methyl sites for hydroxylation is 1. The highest BCUT2D eigenvalue weighted by Gasteiger charge is 2.39. The molecular weight excluding hydrogens is 278 g/mol. The van der Waals surface area contributed by atoms with Gasteiger partial charge < -0.3 is 4.90 Å². The average molecular weight is 299 g/mol. The van der Waals surface area contributed by atoms with Gasteiger partial charge in [-0.25, -0.2) is 0 Å². The van der Waals surface area contributed by atoms with E-state index in [0.717, 1.165) is 0 Å². The zero-order valence-electron chi connectivity index (χ0n) is 13.9. The molecule has 23 heavy (non-hydrogen) atoms. The molecule has 3 aromatic rings. The van der Waals surface area contributed by atoms with Crippen molar-refractivity contribution in [3.05, 3.63) is 95.1 Å². The van der Waals surface area contributed by atoms with Crippen LogP contribution in [0.1, 0.15) is 29.2 Å². The molecule has 1 heterocycles. The summed E-state index contributed by atoms with van der Waals surface area (Å²) in [5, 5.41) is 0. The molecule has 3 aromatic carbocycles. The van der Waals surface area contributed by atoms with Crippen molar-refractivity contribution in [2.24, 2.45) is 0 Å². The molecule has 0 fully saturated rings. The van der Waals surface area contributed by atoms with E-state index in [9.17, 15) is 0 Å². The van der Waals surface area contributed by atoms with Crippen LogP contribution in [-0.2, 0) is 5.41 Å². The van der Waals surface area contributed by atoms with Crippen LogP contribution in [0, 0.1) is 6.92 Å². The van der Waals surface area contributed by atoms with E-state index < -0.39 is 0 Å². The number of para-hydroxylation sites is 2. The second-order valence-electron chi connectivity index (χ2n) is 6.58. The van der Waals surface area contributed by atoms with Crippen molar-refractivity contribution >= 4 is 11.4 Å². The molecule has 1 aliphatic rings. The van der Waals surface area contributed by atoms with Crippen LogP contribution in [0.2, 0.25) is 0 Å². The maximum absolute atomic E-state index is 2.35. The number of fused-ring (bicyclic) bond motifs is 2. The Kier molecular flexibility index (Phi) is 3.05. The second-order valence-corrected chi connectivity index (χ2v) is 6.58. The Balaban J connectivity index is 2.06. The lowest BCUT2D eigenvalue weighted by Gasteiger charge is -2.42. The predicted octanol–water partition coefficient (Wildman–Crippen LogP) is 5.43. The molecule has 1 aliphatic heterocycles. The SMILES string of the molecule is Cc1ccc(C2(C)c3ccccc3N(C)c3ccccc32)cc1. The van der Waals surface area contributed by atoms with Gasteiger partial charge in [0.05, 0.1) is 0 Å². The molecule has 0 saturated carbocycles. The van der Waals surface area contributed by atoms with Crippen LogP contribution in [0.25, 0.3) is 0 Å². The van der Waals surface area contributed by atoms with Crippen LogP contribution in [0.15, 0.2) is 72.8 Å². The average Bonchev–Trinajstić information content (AvgIpc) is 2.60. The van der Waals surface area contributed by atoms with Crippen LogP contribution >= 0.6 is 0 Å². The summed E-state index contributed by atoms with van der Waals surface area (Å²) in [5.41, 5.74) is 7.81. The maximum atomic E-state index is 2.35. The third-order valence-electron chi connectivity index (χ3n) is 5.24. The number of hydrogen-bond donors (Lipinski definition) is 0. The first kappa shape index (κ1) is 14.1. The van der Waals surface area contributed by atoms with E-state index in [0.29, 0.717) is 0 Å². The van der Waals surface area contributed by atoms with Gasteiger partial charge in [-0.2, -0.15) is 0 Å². The monoisotopic (exact) mass is 299 g/mol. The highest BCUT2D eigenvalue weighted by Crippen LogP contribution is 2.51. The molecule has 0 amide bonds. The lowest BCUT2D eigenvalue weighted by molar-refractivity contribution is 0.678. The van der Waals surface area contributed by atoms with Gasteiger partial charge in [-0.05, 0) is 42.7 Å². The zero-order valence-corrected chi connectivity index (χ0v) is 13.9. The largest absolute Gasteiger partial charge is 0.344 e. The molecule has 0 unspecified atom stereocenters. The van der Waals surface area contributed by atoms with Crippen LogP contribution in [-0.4, -0.2) is 7.05 Å². The summed E-state index contributed by atoms with van der Waals surface area (Å²) < 4.78 is 0. The van der Waals surface area contributed by atoms with Crippen molar-refractivity contribution in [2.75, 3.05) is 11.9 Å². The minimum Gasteiger partial charge on any atom is -0.344 e. The summed E-state index contributed by atoms with van der Waals surface area (Å²) in [6, 6.07) is 26.5. The molecule has 0 aliphatic carbocycles. The fourth-order valence-corrected chi connectivity index (χ4v) is 3.85. The van der Waals surface area contributed by atoms with Crippen LogP contribution in [0.4, 0.5) is 11.4 Å². The summed E-state index contributed by atoms with van der Waals surface area (Å²) in [7, 11) is 2.16. The first-order valence-corrected chi connectivity index (χ1v) is 8.12. The van der Waals surface area contributed by atoms with Crippen molar-refractivity contribution in [1.82, 2.24) is 0 Å². The summed E-state index contributed by atoms with van der Waals surface area (Å²) in [6.07, 6.45) is 0. The van der Waals surface area contributed by atoms with Crippen molar-refractivity contribution < 1.29 is 0 Å². The molecular formula is C22H21N. The molecule has 0 aromatic heterocycles. The third-order valence-corrected chi connectivity index (χ3v) is 5.24. The van der Waals surface area contributed by atoms with E-state index in [-0.39, 0.29) is 5.41 Å². The summed E-state index contributed by atoms with van der Waals surface area (Å²) in [5.74, 6) is 0. The number of nitrogens with zero attached hydrogens (tertiary/aromatic N) is 1. The van der Waals surface area contributed by atoms with Crippen molar-refractivity contribution in [1.29, 1.82) is 0 Å². The minimum absolute atomic E-state index is 0.132. The van der Waals surface area contributed by atoms with Gasteiger partial charge in [-0.3, -0.25) is 0 Å². The highest BCUT2D eigenvalue weighted by atomic mass is 15.1. The van der Waals surface area contributed by atoms with E-state index in [1.807, 2.05) is 0 Å². The van der Waals surface area contributed by atoms with Crippen LogP contribution in [0.3, 0.4) is 0 Å². The second kappa shape index (κ2) is 4.99. The molecule has 4 rings (SSSR count). The van der Waals surface area contributed by atoms with Crippen molar-refractivity contribution in [3.63, 3.8) is 0 Å². The molecule has 0 saturated heterocycles. The van der Waals surface area contributed by atoms with Crippen molar-refractivity contribution in [2.45, 2.75) is 19.3 Å². The van der Waals surface area contributed by atoms with Gasteiger partial charge in [0, 0.05) is 23.8 Å². The lowest BCUT2D eigenvalue weighted by Crippen LogP contribution is -2.34. The number of rotatable bonds is 1. The Hall–Kier alpha value is -2.54. The van der Waals surface area contributed by atoms with Gasteiger partial charge in [0.25, 0.3) is 0 Å². The first-order chi connectivity index (χ1) is 11.1.